The third kappa shape index (κ3) is 5.74. The van der Waals surface area contributed by atoms with Gasteiger partial charge in [0.05, 0.1) is 5.56 Å². The highest BCUT2D eigenvalue weighted by Gasteiger charge is 2.30. The Bertz CT molecular complexity index is 346. The van der Waals surface area contributed by atoms with E-state index in [-0.39, 0.29) is 24.9 Å². The average molecular weight is 271 g/mol. The smallest absolute Gasteiger partial charge is 0.417 e. The third-order valence-corrected chi connectivity index (χ3v) is 1.66. The minimum atomic E-state index is -4.38. The molecular formula is C10H14ClF3N2O. The predicted molar refractivity (Wildman–Crippen MR) is 60.2 cm³/mol. The summed E-state index contributed by atoms with van der Waals surface area (Å²) in [6.45, 7) is 3.68. The molecule has 3 nitrogen and oxygen atoms in total. The molecule has 0 radical (unpaired) electrons. The fourth-order valence-corrected chi connectivity index (χ4v) is 0.893. The van der Waals surface area contributed by atoms with Gasteiger partial charge in [-0.3, -0.25) is 0 Å². The minimum Gasteiger partial charge on any atom is -0.476 e. The van der Waals surface area contributed by atoms with Gasteiger partial charge in [0.25, 0.3) is 0 Å². The Kier molecular flexibility index (Phi) is 5.22. The number of rotatable bonds is 3. The quantitative estimate of drug-likeness (QED) is 0.918. The first-order valence-corrected chi connectivity index (χ1v) is 4.63. The summed E-state index contributed by atoms with van der Waals surface area (Å²) in [7, 11) is 0. The van der Waals surface area contributed by atoms with E-state index in [0.717, 1.165) is 12.3 Å². The number of hydrogen-bond donors (Lipinski definition) is 1. The number of nitrogens with two attached hydrogens (primary N) is 1. The SMILES string of the molecule is CC(C)(N)COc1ccc(C(F)(F)F)cn1.Cl. The summed E-state index contributed by atoms with van der Waals surface area (Å²) < 4.78 is 41.7. The molecular weight excluding hydrogens is 257 g/mol. The molecule has 2 N–H and O–H groups in total. The molecule has 0 fully saturated rings. The number of alkyl halides is 3. The summed E-state index contributed by atoms with van der Waals surface area (Å²) in [5.41, 5.74) is 4.30. The second kappa shape index (κ2) is 5.55. The van der Waals surface area contributed by atoms with E-state index in [0.29, 0.717) is 0 Å². The number of ether oxygens (including phenoxy) is 1. The molecule has 0 unspecified atom stereocenters. The summed E-state index contributed by atoms with van der Waals surface area (Å²) in [5.74, 6) is 0.131. The molecule has 0 aliphatic rings. The van der Waals surface area contributed by atoms with Crippen LogP contribution in [0, 0.1) is 0 Å². The second-order valence-corrected chi connectivity index (χ2v) is 4.16. The molecule has 0 aliphatic carbocycles. The average Bonchev–Trinajstić information content (AvgIpc) is 2.13. The van der Waals surface area contributed by atoms with Crippen LogP contribution in [0.2, 0.25) is 0 Å². The molecule has 0 spiro atoms. The van der Waals surface area contributed by atoms with Gasteiger partial charge in [0, 0.05) is 17.8 Å². The van der Waals surface area contributed by atoms with Crippen LogP contribution >= 0.6 is 12.4 Å². The largest absolute Gasteiger partial charge is 0.476 e. The number of hydrogen-bond acceptors (Lipinski definition) is 3. The van der Waals surface area contributed by atoms with Gasteiger partial charge >= 0.3 is 6.18 Å². The molecule has 0 atom stereocenters. The maximum Gasteiger partial charge on any atom is 0.417 e. The molecule has 1 aromatic heterocycles. The van der Waals surface area contributed by atoms with E-state index in [4.69, 9.17) is 10.5 Å². The fourth-order valence-electron chi connectivity index (χ4n) is 0.893. The Morgan fingerprint density at radius 3 is 2.24 bits per heavy atom. The van der Waals surface area contributed by atoms with Crippen LogP contribution in [0.15, 0.2) is 18.3 Å². The van der Waals surface area contributed by atoms with Crippen molar-refractivity contribution in [1.29, 1.82) is 0 Å². The lowest BCUT2D eigenvalue weighted by molar-refractivity contribution is -0.137. The molecule has 0 aromatic carbocycles. The van der Waals surface area contributed by atoms with Crippen molar-refractivity contribution >= 4 is 12.4 Å². The maximum atomic E-state index is 12.2. The fraction of sp³-hybridized carbons (Fsp3) is 0.500. The molecule has 1 aromatic rings. The lowest BCUT2D eigenvalue weighted by Gasteiger charge is -2.18. The van der Waals surface area contributed by atoms with Gasteiger partial charge in [0.2, 0.25) is 5.88 Å². The zero-order chi connectivity index (χ0) is 12.4. The van der Waals surface area contributed by atoms with Gasteiger partial charge in [-0.05, 0) is 19.9 Å². The van der Waals surface area contributed by atoms with Crippen molar-refractivity contribution in [2.45, 2.75) is 25.6 Å². The van der Waals surface area contributed by atoms with Crippen LogP contribution in [0.5, 0.6) is 5.88 Å². The molecule has 0 amide bonds. The van der Waals surface area contributed by atoms with Crippen LogP contribution in [0.25, 0.3) is 0 Å². The molecule has 1 rings (SSSR count). The number of aromatic nitrogens is 1. The van der Waals surface area contributed by atoms with Crippen molar-refractivity contribution in [3.05, 3.63) is 23.9 Å². The van der Waals surface area contributed by atoms with Crippen molar-refractivity contribution in [3.63, 3.8) is 0 Å². The summed E-state index contributed by atoms with van der Waals surface area (Å²) >= 11 is 0. The van der Waals surface area contributed by atoms with Gasteiger partial charge in [-0.25, -0.2) is 4.98 Å². The van der Waals surface area contributed by atoms with E-state index in [2.05, 4.69) is 4.98 Å². The molecule has 0 saturated carbocycles. The molecule has 1 heterocycles. The number of halogens is 4. The molecule has 0 saturated heterocycles. The van der Waals surface area contributed by atoms with Gasteiger partial charge in [-0.2, -0.15) is 13.2 Å². The third-order valence-electron chi connectivity index (χ3n) is 1.66. The van der Waals surface area contributed by atoms with Crippen LogP contribution < -0.4 is 10.5 Å². The van der Waals surface area contributed by atoms with E-state index < -0.39 is 17.3 Å². The summed E-state index contributed by atoms with van der Waals surface area (Å²) in [6, 6.07) is 2.10. The van der Waals surface area contributed by atoms with Crippen molar-refractivity contribution in [3.8, 4) is 5.88 Å². The summed E-state index contributed by atoms with van der Waals surface area (Å²) in [5, 5.41) is 0. The Hall–Kier alpha value is -1.01. The highest BCUT2D eigenvalue weighted by Crippen LogP contribution is 2.29. The van der Waals surface area contributed by atoms with Crippen LogP contribution in [-0.2, 0) is 6.18 Å². The van der Waals surface area contributed by atoms with Gasteiger partial charge in [-0.15, -0.1) is 12.4 Å². The maximum absolute atomic E-state index is 12.2. The summed E-state index contributed by atoms with van der Waals surface area (Å²) in [6.07, 6.45) is -3.64. The molecule has 7 heteroatoms. The Morgan fingerprint density at radius 1 is 1.29 bits per heavy atom. The first kappa shape index (κ1) is 16.0. The highest BCUT2D eigenvalue weighted by molar-refractivity contribution is 5.85. The minimum absolute atomic E-state index is 0. The Balaban J connectivity index is 0.00000256. The standard InChI is InChI=1S/C10H13F3N2O.ClH/c1-9(2,14)6-16-8-4-3-7(5-15-8)10(11,12)13;/h3-5H,6,14H2,1-2H3;1H. The lowest BCUT2D eigenvalue weighted by atomic mass is 10.1. The zero-order valence-corrected chi connectivity index (χ0v) is 10.2. The van der Waals surface area contributed by atoms with E-state index in [9.17, 15) is 13.2 Å². The van der Waals surface area contributed by atoms with Crippen LogP contribution in [-0.4, -0.2) is 17.1 Å². The van der Waals surface area contributed by atoms with Crippen molar-refractivity contribution in [2.24, 2.45) is 5.73 Å². The van der Waals surface area contributed by atoms with Gasteiger partial charge in [-0.1, -0.05) is 0 Å². The van der Waals surface area contributed by atoms with Crippen molar-refractivity contribution < 1.29 is 17.9 Å². The first-order valence-electron chi connectivity index (χ1n) is 4.63. The second-order valence-electron chi connectivity index (χ2n) is 4.16. The highest BCUT2D eigenvalue weighted by atomic mass is 35.5. The van der Waals surface area contributed by atoms with E-state index in [1.54, 1.807) is 13.8 Å². The van der Waals surface area contributed by atoms with Crippen LogP contribution in [0.3, 0.4) is 0 Å². The molecule has 98 valence electrons. The molecule has 0 aliphatic heterocycles. The Morgan fingerprint density at radius 2 is 1.88 bits per heavy atom. The first-order chi connectivity index (χ1) is 7.18. The molecule has 17 heavy (non-hydrogen) atoms. The summed E-state index contributed by atoms with van der Waals surface area (Å²) in [4.78, 5) is 3.55. The van der Waals surface area contributed by atoms with E-state index >= 15 is 0 Å². The van der Waals surface area contributed by atoms with Gasteiger partial charge in [0.1, 0.15) is 6.61 Å². The normalized spacial score (nSPS) is 11.9. The molecule has 0 bridgehead atoms. The number of pyridine rings is 1. The van der Waals surface area contributed by atoms with Gasteiger partial charge in [0.15, 0.2) is 0 Å². The topological polar surface area (TPSA) is 48.1 Å². The van der Waals surface area contributed by atoms with Gasteiger partial charge < -0.3 is 10.5 Å². The van der Waals surface area contributed by atoms with Crippen molar-refractivity contribution in [1.82, 2.24) is 4.98 Å². The van der Waals surface area contributed by atoms with E-state index in [1.165, 1.54) is 6.07 Å². The lowest BCUT2D eigenvalue weighted by Crippen LogP contribution is -2.38. The van der Waals surface area contributed by atoms with Crippen molar-refractivity contribution in [2.75, 3.05) is 6.61 Å². The monoisotopic (exact) mass is 270 g/mol. The van der Waals surface area contributed by atoms with Crippen LogP contribution in [0.4, 0.5) is 13.2 Å². The zero-order valence-electron chi connectivity index (χ0n) is 9.41. The van der Waals surface area contributed by atoms with Crippen LogP contribution in [0.1, 0.15) is 19.4 Å². The predicted octanol–water partition coefficient (Wildman–Crippen LogP) is 2.64. The number of nitrogens with zero attached hydrogens (tertiary/aromatic N) is 1. The van der Waals surface area contributed by atoms with E-state index in [1.807, 2.05) is 0 Å². The Labute approximate surface area is 104 Å².